The lowest BCUT2D eigenvalue weighted by Gasteiger charge is -2.18. The lowest BCUT2D eigenvalue weighted by atomic mass is 9.98. The summed E-state index contributed by atoms with van der Waals surface area (Å²) in [7, 11) is 1.97. The molecule has 1 aromatic carbocycles. The quantitative estimate of drug-likeness (QED) is 0.875. The van der Waals surface area contributed by atoms with Gasteiger partial charge in [0, 0.05) is 0 Å². The van der Waals surface area contributed by atoms with Crippen molar-refractivity contribution in [3.63, 3.8) is 0 Å². The minimum atomic E-state index is 0.172. The van der Waals surface area contributed by atoms with Crippen LogP contribution in [-0.2, 0) is 0 Å². The molecule has 0 spiro atoms. The average molecular weight is 227 g/mol. The Bertz CT molecular complexity index is 494. The minimum absolute atomic E-state index is 0.172. The molecule has 1 heterocycles. The SMILES string of the molecule is CNC(c1ccccc1)c1cc(C)nnc1C. The van der Waals surface area contributed by atoms with Crippen LogP contribution in [0.15, 0.2) is 36.4 Å². The molecule has 0 bridgehead atoms. The van der Waals surface area contributed by atoms with E-state index in [2.05, 4.69) is 45.8 Å². The third kappa shape index (κ3) is 2.50. The molecule has 0 aliphatic heterocycles. The van der Waals surface area contributed by atoms with Crippen LogP contribution in [0.2, 0.25) is 0 Å². The molecule has 0 aliphatic rings. The fraction of sp³-hybridized carbons (Fsp3) is 0.286. The molecule has 88 valence electrons. The van der Waals surface area contributed by atoms with Crippen molar-refractivity contribution in [1.82, 2.24) is 15.5 Å². The molecule has 0 saturated carbocycles. The standard InChI is InChI=1S/C14H17N3/c1-10-9-13(11(2)17-16-10)14(15-3)12-7-5-4-6-8-12/h4-9,14-15H,1-3H3. The van der Waals surface area contributed by atoms with Gasteiger partial charge in [-0.25, -0.2) is 0 Å². The molecule has 1 aromatic heterocycles. The van der Waals surface area contributed by atoms with Crippen LogP contribution in [-0.4, -0.2) is 17.2 Å². The predicted octanol–water partition coefficient (Wildman–Crippen LogP) is 2.40. The minimum Gasteiger partial charge on any atom is -0.309 e. The highest BCUT2D eigenvalue weighted by Crippen LogP contribution is 2.23. The maximum absolute atomic E-state index is 4.18. The zero-order chi connectivity index (χ0) is 12.3. The summed E-state index contributed by atoms with van der Waals surface area (Å²) < 4.78 is 0. The van der Waals surface area contributed by atoms with Gasteiger partial charge in [0.05, 0.1) is 17.4 Å². The molecule has 0 saturated heterocycles. The van der Waals surface area contributed by atoms with Crippen LogP contribution < -0.4 is 5.32 Å². The Hall–Kier alpha value is -1.74. The molecule has 2 rings (SSSR count). The van der Waals surface area contributed by atoms with E-state index in [9.17, 15) is 0 Å². The van der Waals surface area contributed by atoms with Crippen LogP contribution in [0.1, 0.15) is 28.6 Å². The van der Waals surface area contributed by atoms with Crippen molar-refractivity contribution in [2.24, 2.45) is 0 Å². The van der Waals surface area contributed by atoms with Gasteiger partial charge >= 0.3 is 0 Å². The van der Waals surface area contributed by atoms with Crippen molar-refractivity contribution in [3.8, 4) is 0 Å². The highest BCUT2D eigenvalue weighted by molar-refractivity contribution is 5.33. The van der Waals surface area contributed by atoms with E-state index in [0.29, 0.717) is 0 Å². The monoisotopic (exact) mass is 227 g/mol. The predicted molar refractivity (Wildman–Crippen MR) is 68.9 cm³/mol. The zero-order valence-corrected chi connectivity index (χ0v) is 10.4. The van der Waals surface area contributed by atoms with E-state index in [4.69, 9.17) is 0 Å². The second kappa shape index (κ2) is 5.06. The number of rotatable bonds is 3. The number of hydrogen-bond acceptors (Lipinski definition) is 3. The van der Waals surface area contributed by atoms with E-state index in [1.165, 1.54) is 11.1 Å². The molecule has 1 atom stereocenters. The number of hydrogen-bond donors (Lipinski definition) is 1. The first-order valence-electron chi connectivity index (χ1n) is 5.75. The Balaban J connectivity index is 2.46. The summed E-state index contributed by atoms with van der Waals surface area (Å²) in [5.74, 6) is 0. The van der Waals surface area contributed by atoms with Gasteiger partial charge in [0.15, 0.2) is 0 Å². The van der Waals surface area contributed by atoms with Crippen LogP contribution >= 0.6 is 0 Å². The highest BCUT2D eigenvalue weighted by atomic mass is 15.1. The van der Waals surface area contributed by atoms with Crippen LogP contribution in [0.5, 0.6) is 0 Å². The third-order valence-corrected chi connectivity index (χ3v) is 2.87. The van der Waals surface area contributed by atoms with E-state index in [0.717, 1.165) is 11.4 Å². The summed E-state index contributed by atoms with van der Waals surface area (Å²) >= 11 is 0. The fourth-order valence-electron chi connectivity index (χ4n) is 2.01. The van der Waals surface area contributed by atoms with Crippen molar-refractivity contribution >= 4 is 0 Å². The second-order valence-corrected chi connectivity index (χ2v) is 4.16. The Kier molecular flexibility index (Phi) is 3.49. The molecule has 0 fully saturated rings. The van der Waals surface area contributed by atoms with Crippen molar-refractivity contribution in [2.45, 2.75) is 19.9 Å². The lowest BCUT2D eigenvalue weighted by Crippen LogP contribution is -2.19. The van der Waals surface area contributed by atoms with E-state index < -0.39 is 0 Å². The molecule has 1 N–H and O–H groups in total. The summed E-state index contributed by atoms with van der Waals surface area (Å²) in [6.07, 6.45) is 0. The first kappa shape index (κ1) is 11.7. The molecule has 3 heteroatoms. The molecule has 0 aliphatic carbocycles. The number of nitrogens with zero attached hydrogens (tertiary/aromatic N) is 2. The Morgan fingerprint density at radius 3 is 2.41 bits per heavy atom. The van der Waals surface area contributed by atoms with E-state index in [1.807, 2.05) is 27.0 Å². The summed E-state index contributed by atoms with van der Waals surface area (Å²) in [6, 6.07) is 12.6. The zero-order valence-electron chi connectivity index (χ0n) is 10.4. The first-order valence-corrected chi connectivity index (χ1v) is 5.75. The van der Waals surface area contributed by atoms with Gasteiger partial charge in [-0.05, 0) is 38.1 Å². The van der Waals surface area contributed by atoms with Gasteiger partial charge in [-0.2, -0.15) is 10.2 Å². The third-order valence-electron chi connectivity index (χ3n) is 2.87. The number of aryl methyl sites for hydroxylation is 2. The van der Waals surface area contributed by atoms with Gasteiger partial charge in [0.25, 0.3) is 0 Å². The Labute approximate surface area is 102 Å². The first-order chi connectivity index (χ1) is 8.22. The Morgan fingerprint density at radius 2 is 1.76 bits per heavy atom. The van der Waals surface area contributed by atoms with Gasteiger partial charge in [0.1, 0.15) is 0 Å². The van der Waals surface area contributed by atoms with E-state index >= 15 is 0 Å². The van der Waals surface area contributed by atoms with Crippen molar-refractivity contribution < 1.29 is 0 Å². The van der Waals surface area contributed by atoms with Crippen molar-refractivity contribution in [1.29, 1.82) is 0 Å². The van der Waals surface area contributed by atoms with Crippen molar-refractivity contribution in [3.05, 3.63) is 58.9 Å². The van der Waals surface area contributed by atoms with Crippen LogP contribution in [0.3, 0.4) is 0 Å². The molecule has 2 aromatic rings. The van der Waals surface area contributed by atoms with Gasteiger partial charge in [-0.1, -0.05) is 30.3 Å². The molecule has 0 radical (unpaired) electrons. The lowest BCUT2D eigenvalue weighted by molar-refractivity contribution is 0.675. The topological polar surface area (TPSA) is 37.8 Å². The molecule has 3 nitrogen and oxygen atoms in total. The second-order valence-electron chi connectivity index (χ2n) is 4.16. The molecular weight excluding hydrogens is 210 g/mol. The van der Waals surface area contributed by atoms with Crippen LogP contribution in [0.4, 0.5) is 0 Å². The van der Waals surface area contributed by atoms with Crippen molar-refractivity contribution in [2.75, 3.05) is 7.05 Å². The largest absolute Gasteiger partial charge is 0.309 e. The van der Waals surface area contributed by atoms with E-state index in [1.54, 1.807) is 0 Å². The maximum Gasteiger partial charge on any atom is 0.0651 e. The fourth-order valence-corrected chi connectivity index (χ4v) is 2.01. The number of aromatic nitrogens is 2. The summed E-state index contributed by atoms with van der Waals surface area (Å²) in [5, 5.41) is 11.6. The molecule has 0 amide bonds. The number of nitrogens with one attached hydrogen (secondary N) is 1. The summed E-state index contributed by atoms with van der Waals surface area (Å²) in [5.41, 5.74) is 4.34. The maximum atomic E-state index is 4.18. The van der Waals surface area contributed by atoms with Gasteiger partial charge in [0.2, 0.25) is 0 Å². The highest BCUT2D eigenvalue weighted by Gasteiger charge is 2.15. The molecule has 17 heavy (non-hydrogen) atoms. The molecule has 1 unspecified atom stereocenters. The van der Waals surface area contributed by atoms with E-state index in [-0.39, 0.29) is 6.04 Å². The summed E-state index contributed by atoms with van der Waals surface area (Å²) in [6.45, 7) is 3.96. The van der Waals surface area contributed by atoms with Crippen LogP contribution in [0.25, 0.3) is 0 Å². The van der Waals surface area contributed by atoms with Gasteiger partial charge in [-0.15, -0.1) is 0 Å². The van der Waals surface area contributed by atoms with Gasteiger partial charge in [-0.3, -0.25) is 0 Å². The van der Waals surface area contributed by atoms with Gasteiger partial charge < -0.3 is 5.32 Å². The smallest absolute Gasteiger partial charge is 0.0651 e. The average Bonchev–Trinajstić information content (AvgIpc) is 2.36. The normalized spacial score (nSPS) is 12.4. The summed E-state index contributed by atoms with van der Waals surface area (Å²) in [4.78, 5) is 0. The number of benzene rings is 1. The molecular formula is C14H17N3. The Morgan fingerprint density at radius 1 is 1.06 bits per heavy atom. The van der Waals surface area contributed by atoms with Crippen LogP contribution in [0, 0.1) is 13.8 Å².